The first-order valence-corrected chi connectivity index (χ1v) is 7.85. The lowest BCUT2D eigenvalue weighted by Crippen LogP contribution is -2.56. The summed E-state index contributed by atoms with van der Waals surface area (Å²) in [5.74, 6) is 0.0599. The summed E-state index contributed by atoms with van der Waals surface area (Å²) in [6.07, 6.45) is 1.12. The molecule has 0 saturated carbocycles. The average molecular weight is 280 g/mol. The summed E-state index contributed by atoms with van der Waals surface area (Å²) < 4.78 is 26.8. The lowest BCUT2D eigenvalue weighted by atomic mass is 9.94. The normalized spacial score (nSPS) is 13.7. The first-order valence-electron chi connectivity index (χ1n) is 5.79. The molecule has 3 N–H and O–H groups in total. The molecule has 0 saturated heterocycles. The highest BCUT2D eigenvalue weighted by Gasteiger charge is 2.35. The summed E-state index contributed by atoms with van der Waals surface area (Å²) in [7, 11) is -3.38. The molecule has 0 atom stereocenters. The Kier molecular flexibility index (Phi) is 5.56. The molecule has 102 valence electrons. The highest BCUT2D eigenvalue weighted by molar-refractivity contribution is 7.89. The van der Waals surface area contributed by atoms with Crippen LogP contribution in [0.3, 0.4) is 0 Å². The van der Waals surface area contributed by atoms with Crippen LogP contribution in [0.2, 0.25) is 0 Å². The summed E-state index contributed by atoms with van der Waals surface area (Å²) in [6.45, 7) is 9.40. The molecular formula is C11H24N2O2S2. The zero-order chi connectivity index (χ0) is 13.9. The summed E-state index contributed by atoms with van der Waals surface area (Å²) in [4.78, 5) is 0.208. The van der Waals surface area contributed by atoms with Crippen molar-refractivity contribution in [2.45, 2.75) is 53.0 Å². The molecule has 0 aromatic carbocycles. The lowest BCUT2D eigenvalue weighted by molar-refractivity contribution is 0.433. The number of rotatable bonds is 6. The molecule has 0 fully saturated rings. The first kappa shape index (κ1) is 16.8. The maximum absolute atomic E-state index is 12.1. The first-order chi connectivity index (χ1) is 7.48. The molecule has 0 heterocycles. The third-order valence-corrected chi connectivity index (χ3v) is 4.99. The second-order valence-electron chi connectivity index (χ2n) is 5.58. The van der Waals surface area contributed by atoms with Crippen LogP contribution in [-0.2, 0) is 10.0 Å². The molecule has 0 aromatic heterocycles. The van der Waals surface area contributed by atoms with Crippen molar-refractivity contribution in [3.05, 3.63) is 0 Å². The SMILES string of the molecule is CCC(CC)(NS(=O)(=O)CC(C)(C)C)C(N)=S. The molecule has 0 aliphatic carbocycles. The van der Waals surface area contributed by atoms with E-state index in [1.54, 1.807) is 0 Å². The van der Waals surface area contributed by atoms with E-state index in [0.29, 0.717) is 12.8 Å². The van der Waals surface area contributed by atoms with Crippen molar-refractivity contribution in [3.8, 4) is 0 Å². The zero-order valence-corrected chi connectivity index (χ0v) is 13.0. The van der Waals surface area contributed by atoms with Gasteiger partial charge in [0, 0.05) is 0 Å². The van der Waals surface area contributed by atoms with E-state index < -0.39 is 15.6 Å². The summed E-state index contributed by atoms with van der Waals surface area (Å²) in [6, 6.07) is 0. The van der Waals surface area contributed by atoms with E-state index in [4.69, 9.17) is 18.0 Å². The average Bonchev–Trinajstić information content (AvgIpc) is 2.09. The third kappa shape index (κ3) is 5.31. The Hall–Kier alpha value is -0.200. The van der Waals surface area contributed by atoms with Crippen LogP contribution in [0.5, 0.6) is 0 Å². The second kappa shape index (κ2) is 5.63. The topological polar surface area (TPSA) is 72.2 Å². The van der Waals surface area contributed by atoms with Crippen LogP contribution in [0.15, 0.2) is 0 Å². The van der Waals surface area contributed by atoms with Crippen LogP contribution in [0.4, 0.5) is 0 Å². The van der Waals surface area contributed by atoms with E-state index in [1.807, 2.05) is 34.6 Å². The van der Waals surface area contributed by atoms with Gasteiger partial charge in [0.2, 0.25) is 10.0 Å². The van der Waals surface area contributed by atoms with Crippen molar-refractivity contribution >= 4 is 27.2 Å². The molecule has 0 radical (unpaired) electrons. The predicted molar refractivity (Wildman–Crippen MR) is 76.5 cm³/mol. The number of nitrogens with two attached hydrogens (primary N) is 1. The molecule has 0 amide bonds. The van der Waals surface area contributed by atoms with Crippen molar-refractivity contribution in [1.82, 2.24) is 4.72 Å². The quantitative estimate of drug-likeness (QED) is 0.728. The van der Waals surface area contributed by atoms with Gasteiger partial charge in [0.1, 0.15) is 0 Å². The fourth-order valence-electron chi connectivity index (χ4n) is 1.70. The van der Waals surface area contributed by atoms with E-state index in [9.17, 15) is 8.42 Å². The largest absolute Gasteiger partial charge is 0.392 e. The fourth-order valence-corrected chi connectivity index (χ4v) is 4.31. The molecule has 0 aliphatic rings. The van der Waals surface area contributed by atoms with E-state index in [0.717, 1.165) is 0 Å². The van der Waals surface area contributed by atoms with E-state index in [-0.39, 0.29) is 16.2 Å². The van der Waals surface area contributed by atoms with Crippen molar-refractivity contribution in [3.63, 3.8) is 0 Å². The maximum atomic E-state index is 12.1. The van der Waals surface area contributed by atoms with Crippen LogP contribution >= 0.6 is 12.2 Å². The van der Waals surface area contributed by atoms with E-state index in [1.165, 1.54) is 0 Å². The van der Waals surface area contributed by atoms with Crippen LogP contribution in [0.1, 0.15) is 47.5 Å². The molecule has 6 heteroatoms. The third-order valence-electron chi connectivity index (χ3n) is 2.65. The standard InChI is InChI=1S/C11H24N2O2S2/c1-6-11(7-2,9(12)16)13-17(14,15)8-10(3,4)5/h13H,6-8H2,1-5H3,(H2,12,16). The van der Waals surface area contributed by atoms with Crippen LogP contribution in [-0.4, -0.2) is 24.7 Å². The van der Waals surface area contributed by atoms with Gasteiger partial charge in [-0.15, -0.1) is 0 Å². The molecule has 0 spiro atoms. The zero-order valence-electron chi connectivity index (χ0n) is 11.3. The highest BCUT2D eigenvalue weighted by atomic mass is 32.2. The summed E-state index contributed by atoms with van der Waals surface area (Å²) in [5, 5.41) is 0. The van der Waals surface area contributed by atoms with Crippen LogP contribution in [0, 0.1) is 5.41 Å². The molecule has 0 aliphatic heterocycles. The van der Waals surface area contributed by atoms with Gasteiger partial charge in [0.25, 0.3) is 0 Å². The van der Waals surface area contributed by atoms with Crippen LogP contribution < -0.4 is 10.5 Å². The number of hydrogen-bond donors (Lipinski definition) is 2. The Morgan fingerprint density at radius 3 is 1.88 bits per heavy atom. The minimum absolute atomic E-state index is 0.0599. The van der Waals surface area contributed by atoms with E-state index in [2.05, 4.69) is 4.72 Å². The minimum atomic E-state index is -3.38. The summed E-state index contributed by atoms with van der Waals surface area (Å²) >= 11 is 4.99. The van der Waals surface area contributed by atoms with Crippen molar-refractivity contribution in [2.24, 2.45) is 11.1 Å². The van der Waals surface area contributed by atoms with E-state index >= 15 is 0 Å². The predicted octanol–water partition coefficient (Wildman–Crippen LogP) is 1.80. The Bertz CT molecular complexity index is 365. The Morgan fingerprint density at radius 1 is 1.24 bits per heavy atom. The number of nitrogens with one attached hydrogen (secondary N) is 1. The second-order valence-corrected chi connectivity index (χ2v) is 7.74. The monoisotopic (exact) mass is 280 g/mol. The van der Waals surface area contributed by atoms with Crippen molar-refractivity contribution < 1.29 is 8.42 Å². The van der Waals surface area contributed by atoms with Gasteiger partial charge in [-0.3, -0.25) is 0 Å². The summed E-state index contributed by atoms with van der Waals surface area (Å²) in [5.41, 5.74) is 4.58. The Balaban J connectivity index is 5.08. The fraction of sp³-hybridized carbons (Fsp3) is 0.909. The van der Waals surface area contributed by atoms with Gasteiger partial charge in [-0.25, -0.2) is 13.1 Å². The minimum Gasteiger partial charge on any atom is -0.392 e. The number of sulfonamides is 1. The van der Waals surface area contributed by atoms with Gasteiger partial charge in [-0.2, -0.15) is 0 Å². The number of hydrogen-bond acceptors (Lipinski definition) is 3. The van der Waals surface area contributed by atoms with Gasteiger partial charge in [-0.05, 0) is 18.3 Å². The van der Waals surface area contributed by atoms with Crippen molar-refractivity contribution in [2.75, 3.05) is 5.75 Å². The smallest absolute Gasteiger partial charge is 0.213 e. The molecule has 0 unspecified atom stereocenters. The molecule has 0 aromatic rings. The molecular weight excluding hydrogens is 256 g/mol. The van der Waals surface area contributed by atoms with Gasteiger partial charge in [0.15, 0.2) is 0 Å². The molecule has 17 heavy (non-hydrogen) atoms. The van der Waals surface area contributed by atoms with Gasteiger partial charge in [-0.1, -0.05) is 46.8 Å². The lowest BCUT2D eigenvalue weighted by Gasteiger charge is -2.32. The Morgan fingerprint density at radius 2 is 1.65 bits per heavy atom. The molecule has 0 rings (SSSR count). The molecule has 4 nitrogen and oxygen atoms in total. The van der Waals surface area contributed by atoms with Crippen LogP contribution in [0.25, 0.3) is 0 Å². The van der Waals surface area contributed by atoms with Gasteiger partial charge in [0.05, 0.1) is 16.3 Å². The number of thiocarbonyl (C=S) groups is 1. The maximum Gasteiger partial charge on any atom is 0.213 e. The van der Waals surface area contributed by atoms with Crippen molar-refractivity contribution in [1.29, 1.82) is 0 Å². The molecule has 0 bridgehead atoms. The van der Waals surface area contributed by atoms with Gasteiger partial charge < -0.3 is 5.73 Å². The van der Waals surface area contributed by atoms with Gasteiger partial charge >= 0.3 is 0 Å². The Labute approximate surface area is 110 Å². The highest BCUT2D eigenvalue weighted by Crippen LogP contribution is 2.21.